The molecule has 0 radical (unpaired) electrons. The number of amides is 3. The van der Waals surface area contributed by atoms with Crippen molar-refractivity contribution in [2.75, 3.05) is 11.9 Å². The zero-order valence-electron chi connectivity index (χ0n) is 18.8. The highest BCUT2D eigenvalue weighted by atomic mass is 16.2. The number of nitrogens with zero attached hydrogens (tertiary/aromatic N) is 3. The second-order valence-corrected chi connectivity index (χ2v) is 8.48. The van der Waals surface area contributed by atoms with Crippen molar-refractivity contribution in [3.8, 4) is 0 Å². The van der Waals surface area contributed by atoms with Gasteiger partial charge in [-0.25, -0.2) is 4.79 Å². The number of rotatable bonds is 8. The van der Waals surface area contributed by atoms with Crippen LogP contribution in [-0.2, 0) is 18.4 Å². The summed E-state index contributed by atoms with van der Waals surface area (Å²) in [7, 11) is 1.99. The molecule has 6 nitrogen and oxygen atoms in total. The van der Waals surface area contributed by atoms with Gasteiger partial charge in [-0.1, -0.05) is 13.0 Å². The number of aryl methyl sites for hydroxylation is 3. The van der Waals surface area contributed by atoms with Crippen LogP contribution >= 0.6 is 0 Å². The largest absolute Gasteiger partial charge is 0.353 e. The molecule has 1 N–H and O–H groups in total. The summed E-state index contributed by atoms with van der Waals surface area (Å²) in [6.45, 7) is 8.77. The Morgan fingerprint density at radius 3 is 2.50 bits per heavy atom. The van der Waals surface area contributed by atoms with E-state index < -0.39 is 0 Å². The Hall–Kier alpha value is -2.76. The average molecular weight is 411 g/mol. The molecule has 0 spiro atoms. The van der Waals surface area contributed by atoms with Gasteiger partial charge in [-0.2, -0.15) is 0 Å². The Bertz CT molecular complexity index is 900. The first-order chi connectivity index (χ1) is 14.3. The lowest BCUT2D eigenvalue weighted by molar-refractivity contribution is -0.133. The summed E-state index contributed by atoms with van der Waals surface area (Å²) < 4.78 is 2.04. The minimum Gasteiger partial charge on any atom is -0.353 e. The van der Waals surface area contributed by atoms with Crippen molar-refractivity contribution in [1.82, 2.24) is 14.4 Å². The molecule has 1 fully saturated rings. The number of nitrogens with one attached hydrogen (secondary N) is 1. The molecule has 1 atom stereocenters. The van der Waals surface area contributed by atoms with Gasteiger partial charge in [-0.3, -0.25) is 4.79 Å². The summed E-state index contributed by atoms with van der Waals surface area (Å²) in [6.07, 6.45) is 4.85. The molecule has 0 bridgehead atoms. The highest BCUT2D eigenvalue weighted by Gasteiger charge is 2.34. The maximum Gasteiger partial charge on any atom is 0.322 e. The van der Waals surface area contributed by atoms with E-state index in [1.807, 2.05) is 80.7 Å². The second-order valence-electron chi connectivity index (χ2n) is 8.48. The standard InChI is InChI=1S/C24H34N4O2/c1-6-19(4)27(24(30)25-20-10-9-17(2)18(3)14-20)16-23(29)28(21-11-12-21)15-22-8-7-13-26(22)5/h7-10,13-14,19,21H,6,11-12,15-16H2,1-5H3,(H,25,30)/t19-/m1/s1. The molecule has 3 rings (SSSR count). The summed E-state index contributed by atoms with van der Waals surface area (Å²) in [5, 5.41) is 2.98. The van der Waals surface area contributed by atoms with Crippen LogP contribution in [0.2, 0.25) is 0 Å². The highest BCUT2D eigenvalue weighted by Crippen LogP contribution is 2.29. The van der Waals surface area contributed by atoms with Gasteiger partial charge in [0.2, 0.25) is 5.91 Å². The molecule has 1 aliphatic carbocycles. The summed E-state index contributed by atoms with van der Waals surface area (Å²) in [4.78, 5) is 29.9. The van der Waals surface area contributed by atoms with E-state index in [9.17, 15) is 9.59 Å². The quantitative estimate of drug-likeness (QED) is 0.698. The molecule has 1 aromatic heterocycles. The maximum absolute atomic E-state index is 13.2. The van der Waals surface area contributed by atoms with Crippen molar-refractivity contribution < 1.29 is 9.59 Å². The Morgan fingerprint density at radius 2 is 1.93 bits per heavy atom. The number of hydrogen-bond donors (Lipinski definition) is 1. The fourth-order valence-electron chi connectivity index (χ4n) is 3.54. The Kier molecular flexibility index (Phi) is 6.85. The fourth-order valence-corrected chi connectivity index (χ4v) is 3.54. The summed E-state index contributed by atoms with van der Waals surface area (Å²) >= 11 is 0. The monoisotopic (exact) mass is 410 g/mol. The Labute approximate surface area is 179 Å². The van der Waals surface area contributed by atoms with Crippen molar-refractivity contribution >= 4 is 17.6 Å². The number of carbonyl (C=O) groups is 2. The predicted octanol–water partition coefficient (Wildman–Crippen LogP) is 4.47. The van der Waals surface area contributed by atoms with E-state index >= 15 is 0 Å². The molecule has 30 heavy (non-hydrogen) atoms. The number of carbonyl (C=O) groups excluding carboxylic acids is 2. The van der Waals surface area contributed by atoms with Crippen LogP contribution in [0.3, 0.4) is 0 Å². The first kappa shape index (κ1) is 21.9. The van der Waals surface area contributed by atoms with E-state index in [1.54, 1.807) is 4.90 Å². The number of urea groups is 1. The van der Waals surface area contributed by atoms with E-state index in [0.717, 1.165) is 36.2 Å². The number of aromatic nitrogens is 1. The lowest BCUT2D eigenvalue weighted by Gasteiger charge is -2.31. The van der Waals surface area contributed by atoms with Crippen molar-refractivity contribution in [1.29, 1.82) is 0 Å². The third kappa shape index (κ3) is 5.23. The van der Waals surface area contributed by atoms with Crippen molar-refractivity contribution in [3.63, 3.8) is 0 Å². The third-order valence-electron chi connectivity index (χ3n) is 6.14. The van der Waals surface area contributed by atoms with Gasteiger partial charge in [0, 0.05) is 36.7 Å². The minimum absolute atomic E-state index is 0.00855. The van der Waals surface area contributed by atoms with E-state index in [4.69, 9.17) is 0 Å². The lowest BCUT2D eigenvalue weighted by atomic mass is 10.1. The maximum atomic E-state index is 13.2. The average Bonchev–Trinajstić information content (AvgIpc) is 3.48. The number of anilines is 1. The Morgan fingerprint density at radius 1 is 1.20 bits per heavy atom. The van der Waals surface area contributed by atoms with Crippen LogP contribution < -0.4 is 5.32 Å². The molecular formula is C24H34N4O2. The summed E-state index contributed by atoms with van der Waals surface area (Å²) in [5.41, 5.74) is 4.17. The van der Waals surface area contributed by atoms with E-state index in [2.05, 4.69) is 5.32 Å². The van der Waals surface area contributed by atoms with Crippen LogP contribution in [0, 0.1) is 13.8 Å². The Balaban J connectivity index is 1.72. The highest BCUT2D eigenvalue weighted by molar-refractivity contribution is 5.92. The van der Waals surface area contributed by atoms with Crippen LogP contribution in [0.4, 0.5) is 10.5 Å². The molecule has 1 aliphatic rings. The topological polar surface area (TPSA) is 57.6 Å². The van der Waals surface area contributed by atoms with Gasteiger partial charge in [0.05, 0.1) is 6.54 Å². The molecule has 0 saturated heterocycles. The van der Waals surface area contributed by atoms with Gasteiger partial charge < -0.3 is 19.7 Å². The second kappa shape index (κ2) is 9.37. The van der Waals surface area contributed by atoms with E-state index in [1.165, 1.54) is 5.56 Å². The molecule has 6 heteroatoms. The van der Waals surface area contributed by atoms with Crippen LogP contribution in [-0.4, -0.2) is 44.9 Å². The first-order valence-electron chi connectivity index (χ1n) is 10.8. The van der Waals surface area contributed by atoms with Crippen LogP contribution in [0.1, 0.15) is 49.9 Å². The number of benzene rings is 1. The van der Waals surface area contributed by atoms with Crippen LogP contribution in [0.5, 0.6) is 0 Å². The SMILES string of the molecule is CC[C@@H](C)N(CC(=O)N(Cc1cccn1C)C1CC1)C(=O)Nc1ccc(C)c(C)c1. The zero-order valence-corrected chi connectivity index (χ0v) is 18.8. The first-order valence-corrected chi connectivity index (χ1v) is 10.8. The molecule has 162 valence electrons. The summed E-state index contributed by atoms with van der Waals surface area (Å²) in [6, 6.07) is 9.94. The molecular weight excluding hydrogens is 376 g/mol. The predicted molar refractivity (Wildman–Crippen MR) is 120 cm³/mol. The number of hydrogen-bond acceptors (Lipinski definition) is 2. The summed E-state index contributed by atoms with van der Waals surface area (Å²) in [5.74, 6) is 0.00855. The van der Waals surface area contributed by atoms with Crippen molar-refractivity contribution in [3.05, 3.63) is 53.3 Å². The lowest BCUT2D eigenvalue weighted by Crippen LogP contribution is -2.48. The molecule has 1 heterocycles. The van der Waals surface area contributed by atoms with Gasteiger partial charge in [0.15, 0.2) is 0 Å². The van der Waals surface area contributed by atoms with Gasteiger partial charge in [0.25, 0.3) is 0 Å². The molecule has 3 amide bonds. The van der Waals surface area contributed by atoms with E-state index in [0.29, 0.717) is 6.54 Å². The van der Waals surface area contributed by atoms with Gasteiger partial charge in [-0.15, -0.1) is 0 Å². The molecule has 0 aliphatic heterocycles. The van der Waals surface area contributed by atoms with Crippen LogP contribution in [0.25, 0.3) is 0 Å². The van der Waals surface area contributed by atoms with Crippen molar-refractivity contribution in [2.45, 2.75) is 65.6 Å². The van der Waals surface area contributed by atoms with Gasteiger partial charge in [0.1, 0.15) is 6.54 Å². The molecule has 2 aromatic rings. The molecule has 1 saturated carbocycles. The normalized spacial score (nSPS) is 14.3. The smallest absolute Gasteiger partial charge is 0.322 e. The third-order valence-corrected chi connectivity index (χ3v) is 6.14. The zero-order chi connectivity index (χ0) is 21.8. The molecule has 0 unspecified atom stereocenters. The molecule has 1 aromatic carbocycles. The van der Waals surface area contributed by atoms with E-state index in [-0.39, 0.29) is 30.6 Å². The van der Waals surface area contributed by atoms with Gasteiger partial charge >= 0.3 is 6.03 Å². The van der Waals surface area contributed by atoms with Crippen molar-refractivity contribution in [2.24, 2.45) is 7.05 Å². The van der Waals surface area contributed by atoms with Crippen LogP contribution in [0.15, 0.2) is 36.5 Å². The minimum atomic E-state index is -0.226. The van der Waals surface area contributed by atoms with Gasteiger partial charge in [-0.05, 0) is 75.4 Å². The fraction of sp³-hybridized carbons (Fsp3) is 0.500.